The highest BCUT2D eigenvalue weighted by molar-refractivity contribution is 7.17. The molecule has 0 bridgehead atoms. The van der Waals surface area contributed by atoms with E-state index in [9.17, 15) is 19.7 Å². The first-order valence-corrected chi connectivity index (χ1v) is 16.2. The van der Waals surface area contributed by atoms with Gasteiger partial charge in [0, 0.05) is 51.7 Å². The van der Waals surface area contributed by atoms with Crippen LogP contribution in [0.4, 0.5) is 10.1 Å². The summed E-state index contributed by atoms with van der Waals surface area (Å²) in [5, 5.41) is 24.0. The minimum absolute atomic E-state index is 0.0129. The maximum Gasteiger partial charge on any atom is 0.282 e. The van der Waals surface area contributed by atoms with Crippen molar-refractivity contribution in [2.24, 2.45) is 0 Å². The lowest BCUT2D eigenvalue weighted by Crippen LogP contribution is -2.55. The van der Waals surface area contributed by atoms with Gasteiger partial charge in [-0.3, -0.25) is 4.79 Å². The zero-order chi connectivity index (χ0) is 31.7. The van der Waals surface area contributed by atoms with Crippen LogP contribution >= 0.6 is 22.9 Å². The van der Waals surface area contributed by atoms with Crippen LogP contribution in [-0.2, 0) is 11.2 Å². The Morgan fingerprint density at radius 2 is 2.00 bits per heavy atom. The van der Waals surface area contributed by atoms with Gasteiger partial charge in [0.2, 0.25) is 5.88 Å². The number of thiophene rings is 1. The fraction of sp³-hybridized carbons (Fsp3) is 0.353. The monoisotopic (exact) mass is 642 g/mol. The van der Waals surface area contributed by atoms with Gasteiger partial charge in [-0.25, -0.2) is 9.37 Å². The number of nitriles is 2. The van der Waals surface area contributed by atoms with Crippen molar-refractivity contribution in [3.05, 3.63) is 64.8 Å². The summed E-state index contributed by atoms with van der Waals surface area (Å²) in [4.78, 5) is 23.3. The van der Waals surface area contributed by atoms with E-state index >= 15 is 0 Å². The number of nitrogens with zero attached hydrogens (tertiary/aromatic N) is 6. The second-order valence-corrected chi connectivity index (χ2v) is 12.9. The lowest BCUT2D eigenvalue weighted by atomic mass is 9.97. The molecule has 230 valence electrons. The summed E-state index contributed by atoms with van der Waals surface area (Å²) >= 11 is 8.70. The fourth-order valence-electron chi connectivity index (χ4n) is 6.57. The minimum Gasteiger partial charge on any atom is -0.476 e. The summed E-state index contributed by atoms with van der Waals surface area (Å²) in [5.74, 6) is -1.49. The van der Waals surface area contributed by atoms with Crippen molar-refractivity contribution in [1.82, 2.24) is 14.8 Å². The van der Waals surface area contributed by atoms with Gasteiger partial charge < -0.3 is 19.4 Å². The van der Waals surface area contributed by atoms with E-state index in [1.807, 2.05) is 29.2 Å². The van der Waals surface area contributed by atoms with Crippen molar-refractivity contribution >= 4 is 55.5 Å². The van der Waals surface area contributed by atoms with Crippen molar-refractivity contribution in [3.8, 4) is 29.1 Å². The lowest BCUT2D eigenvalue weighted by molar-refractivity contribution is -0.131. The van der Waals surface area contributed by atoms with Crippen molar-refractivity contribution < 1.29 is 13.9 Å². The van der Waals surface area contributed by atoms with Gasteiger partial charge in [-0.2, -0.15) is 10.5 Å². The Morgan fingerprint density at radius 3 is 2.73 bits per heavy atom. The van der Waals surface area contributed by atoms with Gasteiger partial charge in [-0.05, 0) is 61.6 Å². The predicted octanol–water partition coefficient (Wildman–Crippen LogP) is 6.72. The molecule has 2 fully saturated rings. The number of benzene rings is 2. The van der Waals surface area contributed by atoms with Crippen LogP contribution in [0.5, 0.6) is 5.88 Å². The number of hydrogen-bond donors (Lipinski definition) is 0. The third-order valence-corrected chi connectivity index (χ3v) is 10.0. The summed E-state index contributed by atoms with van der Waals surface area (Å²) in [6, 6.07) is 16.2. The average Bonchev–Trinajstić information content (AvgIpc) is 3.68. The number of amides is 1. The third kappa shape index (κ3) is 5.94. The molecule has 2 atom stereocenters. The van der Waals surface area contributed by atoms with Crippen LogP contribution in [0.1, 0.15) is 24.8 Å². The lowest BCUT2D eigenvalue weighted by Gasteiger charge is -2.42. The molecule has 1 amide bonds. The minimum atomic E-state index is -1.06. The molecule has 0 aliphatic carbocycles. The summed E-state index contributed by atoms with van der Waals surface area (Å²) in [6.45, 7) is 5.38. The maximum atomic E-state index is 13.9. The smallest absolute Gasteiger partial charge is 0.282 e. The number of fused-ring (bicyclic) bond motifs is 2. The van der Waals surface area contributed by atoms with Gasteiger partial charge in [0.1, 0.15) is 6.61 Å². The fourth-order valence-corrected chi connectivity index (χ4v) is 7.64. The Hall–Kier alpha value is -4.22. The highest BCUT2D eigenvalue weighted by Gasteiger charge is 2.34. The number of ether oxygens (including phenoxy) is 1. The molecular weight excluding hydrogens is 611 g/mol. The van der Waals surface area contributed by atoms with Gasteiger partial charge in [-0.15, -0.1) is 11.3 Å². The molecule has 0 radical (unpaired) electrons. The Balaban J connectivity index is 1.51. The van der Waals surface area contributed by atoms with E-state index < -0.39 is 17.8 Å². The van der Waals surface area contributed by atoms with Crippen LogP contribution in [0.3, 0.4) is 0 Å². The molecule has 2 saturated heterocycles. The molecule has 4 heterocycles. The molecular formula is C34H32ClFN6O2S. The Kier molecular flexibility index (Phi) is 8.91. The Labute approximate surface area is 270 Å². The highest BCUT2D eigenvalue weighted by atomic mass is 35.5. The molecule has 0 unspecified atom stereocenters. The second-order valence-electron chi connectivity index (χ2n) is 11.5. The van der Waals surface area contributed by atoms with Crippen LogP contribution in [0.15, 0.2) is 54.2 Å². The normalized spacial score (nSPS) is 18.7. The number of hydrogen-bond acceptors (Lipinski definition) is 8. The van der Waals surface area contributed by atoms with Crippen LogP contribution < -0.4 is 9.64 Å². The van der Waals surface area contributed by atoms with Gasteiger partial charge in [0.15, 0.2) is 5.83 Å². The largest absolute Gasteiger partial charge is 0.476 e. The first-order chi connectivity index (χ1) is 21.8. The van der Waals surface area contributed by atoms with E-state index in [1.165, 1.54) is 4.90 Å². The molecule has 2 aromatic heterocycles. The van der Waals surface area contributed by atoms with E-state index in [1.54, 1.807) is 11.3 Å². The van der Waals surface area contributed by atoms with Crippen molar-refractivity contribution in [2.75, 3.05) is 44.7 Å². The molecule has 2 aromatic carbocycles. The van der Waals surface area contributed by atoms with Crippen molar-refractivity contribution in [1.29, 1.82) is 10.5 Å². The third-order valence-electron chi connectivity index (χ3n) is 8.85. The summed E-state index contributed by atoms with van der Waals surface area (Å²) in [6.07, 6.45) is 2.15. The Bertz CT molecular complexity index is 1880. The number of likely N-dealkylation sites (N-methyl/N-ethyl adjacent to an activating group) is 1. The quantitative estimate of drug-likeness (QED) is 0.197. The topological polar surface area (TPSA) is 96.5 Å². The number of carbonyl (C=O) groups excluding carboxylic acids is 1. The number of aromatic nitrogens is 1. The SMILES string of the molecule is C=C(F)C(=O)N1CCN(c2c(CC#N)c(OC[C@@H]3CCCN3C)nc3cc(-c4cccc5sccc45)c(Cl)cc23)C[C@@H]1CC#N. The van der Waals surface area contributed by atoms with E-state index in [4.69, 9.17) is 21.3 Å². The van der Waals surface area contributed by atoms with Crippen LogP contribution in [-0.4, -0.2) is 72.6 Å². The number of carbonyl (C=O) groups is 1. The second kappa shape index (κ2) is 13.0. The molecule has 8 nitrogen and oxygen atoms in total. The first kappa shape index (κ1) is 30.8. The molecule has 4 aromatic rings. The number of pyridine rings is 1. The molecule has 0 N–H and O–H groups in total. The number of rotatable bonds is 8. The molecule has 2 aliphatic heterocycles. The van der Waals surface area contributed by atoms with E-state index in [0.717, 1.165) is 51.7 Å². The molecule has 11 heteroatoms. The summed E-state index contributed by atoms with van der Waals surface area (Å²) in [5.41, 5.74) is 3.83. The van der Waals surface area contributed by atoms with E-state index in [0.29, 0.717) is 35.1 Å². The predicted molar refractivity (Wildman–Crippen MR) is 176 cm³/mol. The Morgan fingerprint density at radius 1 is 1.16 bits per heavy atom. The van der Waals surface area contributed by atoms with Gasteiger partial charge in [-0.1, -0.05) is 30.3 Å². The van der Waals surface area contributed by atoms with Gasteiger partial charge in [0.05, 0.1) is 47.8 Å². The van der Waals surface area contributed by atoms with E-state index in [2.05, 4.69) is 48.2 Å². The van der Waals surface area contributed by atoms with Crippen LogP contribution in [0.2, 0.25) is 5.02 Å². The van der Waals surface area contributed by atoms with Gasteiger partial charge >= 0.3 is 0 Å². The zero-order valence-corrected chi connectivity index (χ0v) is 26.5. The van der Waals surface area contributed by atoms with Crippen molar-refractivity contribution in [2.45, 2.75) is 37.8 Å². The molecule has 45 heavy (non-hydrogen) atoms. The maximum absolute atomic E-state index is 13.9. The van der Waals surface area contributed by atoms with Crippen molar-refractivity contribution in [3.63, 3.8) is 0 Å². The van der Waals surface area contributed by atoms with Crippen LogP contribution in [0.25, 0.3) is 32.1 Å². The molecule has 0 spiro atoms. The highest BCUT2D eigenvalue weighted by Crippen LogP contribution is 2.43. The standard InChI is InChI=1S/C34H32ClFN6O2S/c1-21(36)34(43)42-15-14-41(19-22(42)8-11-37)32-26(9-12-38)33(44-20-23-5-4-13-40(23)2)39-30-18-27(29(35)17-28(30)32)24-6-3-7-31-25(24)10-16-45-31/h3,6-7,10,16-18,22-23H,1,4-5,8-9,13-15,19-20H2,2H3/t22-,23-/m0/s1. The first-order valence-electron chi connectivity index (χ1n) is 14.9. The molecule has 2 aliphatic rings. The molecule has 6 rings (SSSR count). The number of halogens is 2. The number of likely N-dealkylation sites (tertiary alicyclic amines) is 1. The van der Waals surface area contributed by atoms with Gasteiger partial charge in [0.25, 0.3) is 5.91 Å². The average molecular weight is 643 g/mol. The number of anilines is 1. The summed E-state index contributed by atoms with van der Waals surface area (Å²) < 4.78 is 21.5. The van der Waals surface area contributed by atoms with E-state index in [-0.39, 0.29) is 32.0 Å². The van der Waals surface area contributed by atoms with Crippen LogP contribution in [0, 0.1) is 22.7 Å². The molecule has 0 saturated carbocycles. The number of piperazine rings is 1. The zero-order valence-electron chi connectivity index (χ0n) is 24.9. The summed E-state index contributed by atoms with van der Waals surface area (Å²) in [7, 11) is 2.08.